The first-order valence-electron chi connectivity index (χ1n) is 9.11. The maximum absolute atomic E-state index is 12.5. The lowest BCUT2D eigenvalue weighted by molar-refractivity contribution is 0.303. The van der Waals surface area contributed by atoms with Crippen molar-refractivity contribution in [3.05, 3.63) is 40.8 Å². The maximum atomic E-state index is 12.5. The predicted molar refractivity (Wildman–Crippen MR) is 105 cm³/mol. The molecule has 0 saturated carbocycles. The Morgan fingerprint density at radius 3 is 2.69 bits per heavy atom. The molecule has 0 aliphatic heterocycles. The van der Waals surface area contributed by atoms with Gasteiger partial charge in [0.05, 0.1) is 0 Å². The van der Waals surface area contributed by atoms with Crippen molar-refractivity contribution in [3.63, 3.8) is 0 Å². The van der Waals surface area contributed by atoms with Gasteiger partial charge in [0.25, 0.3) is 5.56 Å². The zero-order chi connectivity index (χ0) is 18.5. The second-order valence-electron chi connectivity index (χ2n) is 6.33. The Morgan fingerprint density at radius 1 is 1.19 bits per heavy atom. The van der Waals surface area contributed by atoms with Gasteiger partial charge in [-0.15, -0.1) is 10.2 Å². The van der Waals surface area contributed by atoms with Crippen LogP contribution in [0.3, 0.4) is 0 Å². The number of hydrogen-bond acceptors (Lipinski definition) is 5. The van der Waals surface area contributed by atoms with Crippen LogP contribution >= 0.6 is 0 Å². The van der Waals surface area contributed by atoms with E-state index in [1.54, 1.807) is 0 Å². The van der Waals surface area contributed by atoms with Crippen LogP contribution < -0.4 is 10.9 Å². The topological polar surface area (TPSA) is 78.8 Å². The third-order valence-electron chi connectivity index (χ3n) is 4.69. The molecular formula is C19H26N6O. The van der Waals surface area contributed by atoms with Gasteiger partial charge >= 0.3 is 0 Å². The fraction of sp³-hybridized carbons (Fsp3) is 0.421. The molecule has 0 radical (unpaired) electrons. The van der Waals surface area contributed by atoms with Crippen molar-refractivity contribution in [3.8, 4) is 11.3 Å². The van der Waals surface area contributed by atoms with E-state index in [1.807, 2.05) is 42.1 Å². The highest BCUT2D eigenvalue weighted by Gasteiger charge is 2.14. The van der Waals surface area contributed by atoms with Gasteiger partial charge in [-0.3, -0.25) is 9.78 Å². The minimum absolute atomic E-state index is 0.234. The van der Waals surface area contributed by atoms with Gasteiger partial charge in [-0.25, -0.2) is 0 Å². The van der Waals surface area contributed by atoms with E-state index < -0.39 is 0 Å². The number of nitrogens with zero attached hydrogens (tertiary/aromatic N) is 4. The second-order valence-corrected chi connectivity index (χ2v) is 6.33. The molecule has 0 amide bonds. The molecule has 3 aromatic rings. The summed E-state index contributed by atoms with van der Waals surface area (Å²) in [7, 11) is 1.96. The van der Waals surface area contributed by atoms with E-state index in [4.69, 9.17) is 0 Å². The molecule has 26 heavy (non-hydrogen) atoms. The lowest BCUT2D eigenvalue weighted by Gasteiger charge is -2.17. The number of aromatic nitrogens is 4. The summed E-state index contributed by atoms with van der Waals surface area (Å²) in [6.45, 7) is 8.18. The van der Waals surface area contributed by atoms with E-state index in [0.29, 0.717) is 11.6 Å². The van der Waals surface area contributed by atoms with Crippen LogP contribution in [0.15, 0.2) is 35.3 Å². The number of rotatable bonds is 8. The Balaban J connectivity index is 1.73. The van der Waals surface area contributed by atoms with Crippen LogP contribution in [0, 0.1) is 0 Å². The van der Waals surface area contributed by atoms with Crippen LogP contribution in [0.4, 0.5) is 5.95 Å². The number of anilines is 1. The smallest absolute Gasteiger partial charge is 0.279 e. The molecule has 0 aliphatic rings. The fourth-order valence-corrected chi connectivity index (χ4v) is 3.17. The van der Waals surface area contributed by atoms with Gasteiger partial charge in [0.15, 0.2) is 5.69 Å². The third-order valence-corrected chi connectivity index (χ3v) is 4.69. The molecule has 0 unspecified atom stereocenters. The zero-order valence-corrected chi connectivity index (χ0v) is 15.6. The van der Waals surface area contributed by atoms with Gasteiger partial charge in [-0.2, -0.15) is 0 Å². The molecule has 2 heterocycles. The predicted octanol–water partition coefficient (Wildman–Crippen LogP) is 2.47. The first-order chi connectivity index (χ1) is 12.6. The van der Waals surface area contributed by atoms with Crippen LogP contribution in [0.5, 0.6) is 0 Å². The third kappa shape index (κ3) is 3.77. The Bertz CT molecular complexity index is 925. The minimum atomic E-state index is -0.234. The van der Waals surface area contributed by atoms with Gasteiger partial charge in [0, 0.05) is 36.3 Å². The molecule has 0 aliphatic carbocycles. The van der Waals surface area contributed by atoms with Gasteiger partial charge < -0.3 is 14.8 Å². The molecule has 0 fully saturated rings. The standard InChI is InChI=1S/C19H26N6O/c1-4-25(5-2)12-8-11-20-19-21-18(26)17(22-23-19)15-13-24(3)16-10-7-6-9-14(15)16/h6-7,9-10,13H,4-5,8,11-12H2,1-3H3,(H2,20,21,23,26). The van der Waals surface area contributed by atoms with E-state index in [2.05, 4.69) is 39.2 Å². The summed E-state index contributed by atoms with van der Waals surface area (Å²) >= 11 is 0. The first-order valence-corrected chi connectivity index (χ1v) is 9.11. The van der Waals surface area contributed by atoms with Crippen molar-refractivity contribution in [1.29, 1.82) is 0 Å². The summed E-state index contributed by atoms with van der Waals surface area (Å²) in [5.41, 5.74) is 1.96. The number of H-pyrrole nitrogens is 1. The van der Waals surface area contributed by atoms with Crippen LogP contribution in [0.2, 0.25) is 0 Å². The van der Waals surface area contributed by atoms with Gasteiger partial charge in [0.1, 0.15) is 0 Å². The average molecular weight is 354 g/mol. The molecule has 2 N–H and O–H groups in total. The quantitative estimate of drug-likeness (QED) is 0.608. The number of para-hydroxylation sites is 1. The van der Waals surface area contributed by atoms with Gasteiger partial charge in [0.2, 0.25) is 5.95 Å². The van der Waals surface area contributed by atoms with Crippen LogP contribution in [0.1, 0.15) is 20.3 Å². The molecule has 138 valence electrons. The highest BCUT2D eigenvalue weighted by molar-refractivity contribution is 5.94. The summed E-state index contributed by atoms with van der Waals surface area (Å²) in [5.74, 6) is 0.415. The molecule has 2 aromatic heterocycles. The number of aromatic amines is 1. The van der Waals surface area contributed by atoms with E-state index in [1.165, 1.54) is 0 Å². The highest BCUT2D eigenvalue weighted by atomic mass is 16.1. The van der Waals surface area contributed by atoms with E-state index in [-0.39, 0.29) is 5.56 Å². The summed E-state index contributed by atoms with van der Waals surface area (Å²) in [4.78, 5) is 17.7. The summed E-state index contributed by atoms with van der Waals surface area (Å²) in [5, 5.41) is 12.5. The molecule has 0 atom stereocenters. The molecular weight excluding hydrogens is 328 g/mol. The summed E-state index contributed by atoms with van der Waals surface area (Å²) in [6, 6.07) is 7.95. The molecule has 7 nitrogen and oxygen atoms in total. The highest BCUT2D eigenvalue weighted by Crippen LogP contribution is 2.26. The minimum Gasteiger partial charge on any atom is -0.354 e. The van der Waals surface area contributed by atoms with Gasteiger partial charge in [-0.05, 0) is 32.1 Å². The number of nitrogens with one attached hydrogen (secondary N) is 2. The van der Waals surface area contributed by atoms with Crippen molar-refractivity contribution in [2.75, 3.05) is 31.5 Å². The SMILES string of the molecule is CCN(CC)CCCNc1nnc(-c2cn(C)c3ccccc23)c(=O)[nH]1. The van der Waals surface area contributed by atoms with Crippen molar-refractivity contribution in [2.24, 2.45) is 7.05 Å². The molecule has 1 aromatic carbocycles. The lowest BCUT2D eigenvalue weighted by Crippen LogP contribution is -2.26. The van der Waals surface area contributed by atoms with Crippen molar-refractivity contribution < 1.29 is 0 Å². The normalized spacial score (nSPS) is 11.4. The average Bonchev–Trinajstić information content (AvgIpc) is 2.99. The van der Waals surface area contributed by atoms with Crippen molar-refractivity contribution >= 4 is 16.9 Å². The number of aryl methyl sites for hydroxylation is 1. The number of benzene rings is 1. The Kier molecular flexibility index (Phi) is 5.68. The molecule has 0 spiro atoms. The van der Waals surface area contributed by atoms with Crippen LogP contribution in [-0.2, 0) is 7.05 Å². The van der Waals surface area contributed by atoms with Crippen LogP contribution in [0.25, 0.3) is 22.2 Å². The second kappa shape index (κ2) is 8.14. The monoisotopic (exact) mass is 354 g/mol. The van der Waals surface area contributed by atoms with E-state index in [9.17, 15) is 4.79 Å². The number of hydrogen-bond donors (Lipinski definition) is 2. The largest absolute Gasteiger partial charge is 0.354 e. The fourth-order valence-electron chi connectivity index (χ4n) is 3.17. The molecule has 7 heteroatoms. The van der Waals surface area contributed by atoms with Gasteiger partial charge in [-0.1, -0.05) is 32.0 Å². The van der Waals surface area contributed by atoms with Crippen molar-refractivity contribution in [2.45, 2.75) is 20.3 Å². The summed E-state index contributed by atoms with van der Waals surface area (Å²) < 4.78 is 1.99. The number of fused-ring (bicyclic) bond motifs is 1. The summed E-state index contributed by atoms with van der Waals surface area (Å²) in [6.07, 6.45) is 2.90. The molecule has 0 bridgehead atoms. The van der Waals surface area contributed by atoms with Crippen molar-refractivity contribution in [1.82, 2.24) is 24.6 Å². The lowest BCUT2D eigenvalue weighted by atomic mass is 10.1. The zero-order valence-electron chi connectivity index (χ0n) is 15.6. The Labute approximate surface area is 153 Å². The van der Waals surface area contributed by atoms with E-state index >= 15 is 0 Å². The molecule has 3 rings (SSSR count). The maximum Gasteiger partial charge on any atom is 0.279 e. The van der Waals surface area contributed by atoms with Crippen LogP contribution in [-0.4, -0.2) is 50.8 Å². The Morgan fingerprint density at radius 2 is 1.96 bits per heavy atom. The van der Waals surface area contributed by atoms with E-state index in [0.717, 1.165) is 49.1 Å². The Hall–Kier alpha value is -2.67. The first kappa shape index (κ1) is 18.1. The molecule has 0 saturated heterocycles.